The van der Waals surface area contributed by atoms with E-state index < -0.39 is 0 Å². The van der Waals surface area contributed by atoms with Crippen molar-refractivity contribution >= 4 is 11.0 Å². The number of rotatable bonds is 3. The maximum absolute atomic E-state index is 5.86. The first-order valence-electron chi connectivity index (χ1n) is 5.48. The molecule has 2 rings (SSSR count). The molecule has 1 heterocycles. The van der Waals surface area contributed by atoms with Gasteiger partial charge in [-0.1, -0.05) is 32.0 Å². The fourth-order valence-electron chi connectivity index (χ4n) is 1.99. The van der Waals surface area contributed by atoms with Gasteiger partial charge in [0.1, 0.15) is 11.3 Å². The monoisotopic (exact) mass is 203 g/mol. The van der Waals surface area contributed by atoms with Crippen molar-refractivity contribution in [1.82, 2.24) is 0 Å². The molecular weight excluding hydrogens is 186 g/mol. The second-order valence-corrected chi connectivity index (χ2v) is 3.93. The topological polar surface area (TPSA) is 39.2 Å². The van der Waals surface area contributed by atoms with Crippen LogP contribution in [-0.2, 0) is 6.42 Å². The molecule has 2 heteroatoms. The van der Waals surface area contributed by atoms with Crippen LogP contribution < -0.4 is 5.73 Å². The number of hydrogen-bond donors (Lipinski definition) is 1. The van der Waals surface area contributed by atoms with Crippen LogP contribution in [0.5, 0.6) is 0 Å². The zero-order chi connectivity index (χ0) is 10.8. The van der Waals surface area contributed by atoms with Crippen LogP contribution in [0.2, 0.25) is 0 Å². The van der Waals surface area contributed by atoms with Crippen LogP contribution in [0.15, 0.2) is 28.7 Å². The smallest absolute Gasteiger partial charge is 0.134 e. The molecule has 2 N–H and O–H groups in total. The van der Waals surface area contributed by atoms with Crippen molar-refractivity contribution in [1.29, 1.82) is 0 Å². The number of para-hydroxylation sites is 1. The van der Waals surface area contributed by atoms with E-state index in [1.165, 1.54) is 10.9 Å². The van der Waals surface area contributed by atoms with Crippen LogP contribution in [0, 0.1) is 0 Å². The Morgan fingerprint density at radius 1 is 1.33 bits per heavy atom. The van der Waals surface area contributed by atoms with Crippen LogP contribution in [0.25, 0.3) is 11.0 Å². The lowest BCUT2D eigenvalue weighted by Gasteiger charge is -2.06. The quantitative estimate of drug-likeness (QED) is 0.832. The van der Waals surface area contributed by atoms with E-state index in [-0.39, 0.29) is 0 Å². The molecule has 2 nitrogen and oxygen atoms in total. The minimum atomic E-state index is 0.298. The molecule has 1 aromatic heterocycles. The molecule has 0 saturated heterocycles. The van der Waals surface area contributed by atoms with Crippen molar-refractivity contribution in [2.75, 3.05) is 6.54 Å². The Morgan fingerprint density at radius 2 is 2.07 bits per heavy atom. The normalized spacial score (nSPS) is 13.3. The van der Waals surface area contributed by atoms with Gasteiger partial charge < -0.3 is 10.2 Å². The molecule has 0 radical (unpaired) electrons. The Balaban J connectivity index is 2.63. The summed E-state index contributed by atoms with van der Waals surface area (Å²) in [6.45, 7) is 4.90. The molecule has 2 aromatic rings. The van der Waals surface area contributed by atoms with Crippen molar-refractivity contribution in [2.45, 2.75) is 26.2 Å². The lowest BCUT2D eigenvalue weighted by atomic mass is 10.0. The largest absolute Gasteiger partial charge is 0.460 e. The molecule has 0 spiro atoms. The molecule has 1 atom stereocenters. The lowest BCUT2D eigenvalue weighted by molar-refractivity contribution is 0.503. The maximum atomic E-state index is 5.86. The SMILES string of the molecule is CCc1c(C(C)CN)oc2ccccc12. The minimum absolute atomic E-state index is 0.298. The zero-order valence-corrected chi connectivity index (χ0v) is 9.29. The highest BCUT2D eigenvalue weighted by Gasteiger charge is 2.16. The van der Waals surface area contributed by atoms with E-state index in [0.29, 0.717) is 12.5 Å². The Bertz CT molecular complexity index is 459. The van der Waals surface area contributed by atoms with E-state index in [2.05, 4.69) is 19.9 Å². The Morgan fingerprint density at radius 3 is 2.73 bits per heavy atom. The summed E-state index contributed by atoms with van der Waals surface area (Å²) in [6.07, 6.45) is 0.997. The highest BCUT2D eigenvalue weighted by Crippen LogP contribution is 2.30. The summed E-state index contributed by atoms with van der Waals surface area (Å²) in [4.78, 5) is 0. The molecule has 0 aliphatic rings. The van der Waals surface area contributed by atoms with Gasteiger partial charge in [0.05, 0.1) is 0 Å². The van der Waals surface area contributed by atoms with E-state index in [1.807, 2.05) is 18.2 Å². The van der Waals surface area contributed by atoms with E-state index in [9.17, 15) is 0 Å². The molecule has 0 bridgehead atoms. The predicted octanol–water partition coefficient (Wildman–Crippen LogP) is 3.06. The summed E-state index contributed by atoms with van der Waals surface area (Å²) in [6, 6.07) is 8.18. The summed E-state index contributed by atoms with van der Waals surface area (Å²) >= 11 is 0. The Kier molecular flexibility index (Phi) is 2.78. The standard InChI is InChI=1S/C13H17NO/c1-3-10-11-6-4-5-7-12(11)15-13(10)9(2)8-14/h4-7,9H,3,8,14H2,1-2H3. The molecule has 0 aliphatic heterocycles. The van der Waals surface area contributed by atoms with Gasteiger partial charge >= 0.3 is 0 Å². The Labute approximate surface area is 90.1 Å². The Hall–Kier alpha value is -1.28. The van der Waals surface area contributed by atoms with Gasteiger partial charge in [-0.15, -0.1) is 0 Å². The predicted molar refractivity (Wildman–Crippen MR) is 63.1 cm³/mol. The third kappa shape index (κ3) is 1.65. The molecule has 0 saturated carbocycles. The van der Waals surface area contributed by atoms with Crippen LogP contribution in [0.3, 0.4) is 0 Å². The summed E-state index contributed by atoms with van der Waals surface area (Å²) < 4.78 is 5.86. The van der Waals surface area contributed by atoms with E-state index in [4.69, 9.17) is 10.2 Å². The zero-order valence-electron chi connectivity index (χ0n) is 9.29. The van der Waals surface area contributed by atoms with Gasteiger partial charge in [-0.2, -0.15) is 0 Å². The molecule has 1 aromatic carbocycles. The van der Waals surface area contributed by atoms with Crippen molar-refractivity contribution in [2.24, 2.45) is 5.73 Å². The van der Waals surface area contributed by atoms with Gasteiger partial charge in [0, 0.05) is 23.4 Å². The first-order valence-corrected chi connectivity index (χ1v) is 5.48. The third-order valence-corrected chi connectivity index (χ3v) is 2.88. The lowest BCUT2D eigenvalue weighted by Crippen LogP contribution is -2.09. The van der Waals surface area contributed by atoms with Gasteiger partial charge in [0.25, 0.3) is 0 Å². The third-order valence-electron chi connectivity index (χ3n) is 2.88. The number of benzene rings is 1. The summed E-state index contributed by atoms with van der Waals surface area (Å²) in [5.74, 6) is 1.36. The van der Waals surface area contributed by atoms with Crippen molar-refractivity contribution in [3.05, 3.63) is 35.6 Å². The average Bonchev–Trinajstić information content (AvgIpc) is 2.66. The molecule has 0 fully saturated rings. The van der Waals surface area contributed by atoms with Gasteiger partial charge in [-0.3, -0.25) is 0 Å². The van der Waals surface area contributed by atoms with Crippen molar-refractivity contribution < 1.29 is 4.42 Å². The molecule has 80 valence electrons. The first kappa shape index (κ1) is 10.2. The summed E-state index contributed by atoms with van der Waals surface area (Å²) in [5.41, 5.74) is 7.97. The number of hydrogen-bond acceptors (Lipinski definition) is 2. The van der Waals surface area contributed by atoms with E-state index in [1.54, 1.807) is 0 Å². The second-order valence-electron chi connectivity index (χ2n) is 3.93. The van der Waals surface area contributed by atoms with Gasteiger partial charge in [0.15, 0.2) is 0 Å². The first-order chi connectivity index (χ1) is 7.27. The van der Waals surface area contributed by atoms with E-state index in [0.717, 1.165) is 17.8 Å². The highest BCUT2D eigenvalue weighted by atomic mass is 16.3. The van der Waals surface area contributed by atoms with Crippen LogP contribution in [-0.4, -0.2) is 6.54 Å². The van der Waals surface area contributed by atoms with Gasteiger partial charge in [-0.25, -0.2) is 0 Å². The maximum Gasteiger partial charge on any atom is 0.134 e. The van der Waals surface area contributed by atoms with Gasteiger partial charge in [0.2, 0.25) is 0 Å². The average molecular weight is 203 g/mol. The fraction of sp³-hybridized carbons (Fsp3) is 0.385. The fourth-order valence-corrected chi connectivity index (χ4v) is 1.99. The molecule has 15 heavy (non-hydrogen) atoms. The number of aryl methyl sites for hydroxylation is 1. The van der Waals surface area contributed by atoms with E-state index >= 15 is 0 Å². The van der Waals surface area contributed by atoms with Gasteiger partial charge in [-0.05, 0) is 12.5 Å². The number of fused-ring (bicyclic) bond motifs is 1. The van der Waals surface area contributed by atoms with Crippen LogP contribution in [0.1, 0.15) is 31.1 Å². The molecule has 0 amide bonds. The molecular formula is C13H17NO. The number of furan rings is 1. The van der Waals surface area contributed by atoms with Crippen molar-refractivity contribution in [3.63, 3.8) is 0 Å². The van der Waals surface area contributed by atoms with Crippen LogP contribution in [0.4, 0.5) is 0 Å². The number of nitrogens with two attached hydrogens (primary N) is 1. The molecule has 1 unspecified atom stereocenters. The summed E-state index contributed by atoms with van der Waals surface area (Å²) in [7, 11) is 0. The summed E-state index contributed by atoms with van der Waals surface area (Å²) in [5, 5.41) is 1.23. The molecule has 0 aliphatic carbocycles. The van der Waals surface area contributed by atoms with Crippen molar-refractivity contribution in [3.8, 4) is 0 Å². The van der Waals surface area contributed by atoms with Crippen LogP contribution >= 0.6 is 0 Å². The second kappa shape index (κ2) is 4.07. The highest BCUT2D eigenvalue weighted by molar-refractivity contribution is 5.82. The minimum Gasteiger partial charge on any atom is -0.460 e.